The number of hydrogen-bond acceptors (Lipinski definition) is 5. The average Bonchev–Trinajstić information content (AvgIpc) is 3.22. The Balaban J connectivity index is 1.36. The minimum absolute atomic E-state index is 0.224. The molecule has 6 nitrogen and oxygen atoms in total. The number of carbonyl (C=O) groups excluding carboxylic acids is 1. The summed E-state index contributed by atoms with van der Waals surface area (Å²) in [6.07, 6.45) is 0. The van der Waals surface area contributed by atoms with E-state index in [0.717, 1.165) is 44.0 Å². The van der Waals surface area contributed by atoms with Crippen LogP contribution >= 0.6 is 11.6 Å². The quantitative estimate of drug-likeness (QED) is 0.689. The minimum Gasteiger partial charge on any atom is -0.355 e. The fourth-order valence-electron chi connectivity index (χ4n) is 3.31. The van der Waals surface area contributed by atoms with Crippen molar-refractivity contribution in [1.82, 2.24) is 15.0 Å². The summed E-state index contributed by atoms with van der Waals surface area (Å²) in [5, 5.41) is 7.34. The van der Waals surface area contributed by atoms with Crippen LogP contribution in [0.5, 0.6) is 0 Å². The van der Waals surface area contributed by atoms with Gasteiger partial charge in [0, 0.05) is 55.1 Å². The van der Waals surface area contributed by atoms with Gasteiger partial charge >= 0.3 is 0 Å². The summed E-state index contributed by atoms with van der Waals surface area (Å²) in [6.45, 7) is 5.28. The number of piperazine rings is 1. The van der Waals surface area contributed by atoms with Crippen LogP contribution in [0.3, 0.4) is 0 Å². The van der Waals surface area contributed by atoms with Crippen molar-refractivity contribution < 1.29 is 9.32 Å². The molecule has 0 spiro atoms. The Kier molecular flexibility index (Phi) is 5.94. The molecular weight excluding hydrogens is 388 g/mol. The van der Waals surface area contributed by atoms with Gasteiger partial charge in [0.05, 0.1) is 0 Å². The van der Waals surface area contributed by atoms with E-state index in [2.05, 4.69) is 27.3 Å². The largest absolute Gasteiger partial charge is 0.355 e. The number of rotatable bonds is 5. The van der Waals surface area contributed by atoms with Gasteiger partial charge in [0.1, 0.15) is 0 Å². The molecule has 4 rings (SSSR count). The average molecular weight is 411 g/mol. The third-order valence-corrected chi connectivity index (χ3v) is 5.30. The lowest BCUT2D eigenvalue weighted by molar-refractivity contribution is 0.101. The maximum Gasteiger partial charge on any atom is 0.277 e. The van der Waals surface area contributed by atoms with E-state index in [1.807, 2.05) is 36.4 Å². The minimum atomic E-state index is -0.311. The van der Waals surface area contributed by atoms with Gasteiger partial charge in [-0.1, -0.05) is 41.0 Å². The Morgan fingerprint density at radius 3 is 2.59 bits per heavy atom. The highest BCUT2D eigenvalue weighted by Gasteiger charge is 2.15. The first-order valence-electron chi connectivity index (χ1n) is 9.61. The molecule has 0 atom stereocenters. The molecule has 0 saturated carbocycles. The molecule has 1 saturated heterocycles. The third-order valence-electron chi connectivity index (χ3n) is 5.07. The van der Waals surface area contributed by atoms with Crippen LogP contribution in [0.4, 0.5) is 5.69 Å². The van der Waals surface area contributed by atoms with Gasteiger partial charge in [-0.05, 0) is 36.9 Å². The van der Waals surface area contributed by atoms with Crippen molar-refractivity contribution in [3.8, 4) is 11.3 Å². The summed E-state index contributed by atoms with van der Waals surface area (Å²) < 4.78 is 5.30. The summed E-state index contributed by atoms with van der Waals surface area (Å²) in [4.78, 5) is 17.3. The summed E-state index contributed by atoms with van der Waals surface area (Å²) >= 11 is 6.01. The number of likely N-dealkylation sites (N-methyl/N-ethyl adjacent to an activating group) is 1. The van der Waals surface area contributed by atoms with Crippen molar-refractivity contribution in [3.63, 3.8) is 0 Å². The van der Waals surface area contributed by atoms with E-state index in [-0.39, 0.29) is 11.6 Å². The molecule has 1 amide bonds. The van der Waals surface area contributed by atoms with Gasteiger partial charge < -0.3 is 14.7 Å². The van der Waals surface area contributed by atoms with Crippen LogP contribution in [0.15, 0.2) is 59.1 Å². The number of nitrogens with one attached hydrogen (secondary N) is 1. The zero-order valence-electron chi connectivity index (χ0n) is 16.3. The highest BCUT2D eigenvalue weighted by Crippen LogP contribution is 2.24. The van der Waals surface area contributed by atoms with Gasteiger partial charge in [0.15, 0.2) is 11.5 Å². The summed E-state index contributed by atoms with van der Waals surface area (Å²) in [5.74, 6) is 0.189. The van der Waals surface area contributed by atoms with Crippen LogP contribution in [-0.2, 0) is 6.54 Å². The van der Waals surface area contributed by atoms with E-state index in [4.69, 9.17) is 16.1 Å². The molecule has 1 aromatic heterocycles. The molecule has 0 radical (unpaired) electrons. The Morgan fingerprint density at radius 2 is 1.86 bits per heavy atom. The molecule has 0 unspecified atom stereocenters. The van der Waals surface area contributed by atoms with Gasteiger partial charge in [-0.3, -0.25) is 9.69 Å². The van der Waals surface area contributed by atoms with Crippen LogP contribution in [0.1, 0.15) is 16.1 Å². The fourth-order valence-corrected chi connectivity index (χ4v) is 3.50. The first kappa shape index (κ1) is 19.6. The third kappa shape index (κ3) is 5.03. The fraction of sp³-hybridized carbons (Fsp3) is 0.273. The topological polar surface area (TPSA) is 61.6 Å². The van der Waals surface area contributed by atoms with E-state index >= 15 is 0 Å². The van der Waals surface area contributed by atoms with E-state index in [1.165, 1.54) is 5.56 Å². The van der Waals surface area contributed by atoms with Crippen LogP contribution in [0.2, 0.25) is 5.02 Å². The highest BCUT2D eigenvalue weighted by molar-refractivity contribution is 6.30. The summed E-state index contributed by atoms with van der Waals surface area (Å²) in [7, 11) is 2.15. The highest BCUT2D eigenvalue weighted by atomic mass is 35.5. The Morgan fingerprint density at radius 1 is 1.10 bits per heavy atom. The maximum atomic E-state index is 12.5. The van der Waals surface area contributed by atoms with Crippen LogP contribution in [0, 0.1) is 0 Å². The number of anilines is 1. The number of benzene rings is 2. The second-order valence-electron chi connectivity index (χ2n) is 7.32. The van der Waals surface area contributed by atoms with E-state index < -0.39 is 0 Å². The van der Waals surface area contributed by atoms with Crippen molar-refractivity contribution >= 4 is 23.2 Å². The number of halogens is 1. The van der Waals surface area contributed by atoms with Gasteiger partial charge in [0.25, 0.3) is 5.91 Å². The molecule has 7 heteroatoms. The van der Waals surface area contributed by atoms with Gasteiger partial charge in [-0.15, -0.1) is 0 Å². The SMILES string of the molecule is CN1CCN(Cc2ccc(NC(=O)c3cc(-c4cccc(Cl)c4)on3)cc2)CC1. The lowest BCUT2D eigenvalue weighted by Crippen LogP contribution is -2.43. The molecule has 1 aliphatic rings. The molecule has 1 aliphatic heterocycles. The van der Waals surface area contributed by atoms with E-state index in [1.54, 1.807) is 18.2 Å². The number of carbonyl (C=O) groups is 1. The zero-order valence-corrected chi connectivity index (χ0v) is 17.0. The molecule has 0 bridgehead atoms. The molecule has 1 fully saturated rings. The Hall–Kier alpha value is -2.67. The molecule has 150 valence electrons. The van der Waals surface area contributed by atoms with Crippen LogP contribution in [0.25, 0.3) is 11.3 Å². The molecule has 3 aromatic rings. The lowest BCUT2D eigenvalue weighted by atomic mass is 10.1. The first-order valence-corrected chi connectivity index (χ1v) is 9.98. The van der Waals surface area contributed by atoms with Gasteiger partial charge in [-0.25, -0.2) is 0 Å². The number of hydrogen-bond donors (Lipinski definition) is 1. The summed E-state index contributed by atoms with van der Waals surface area (Å²) in [6, 6.07) is 16.8. The number of amides is 1. The predicted molar refractivity (Wildman–Crippen MR) is 114 cm³/mol. The van der Waals surface area contributed by atoms with Crippen molar-refractivity contribution in [1.29, 1.82) is 0 Å². The zero-order chi connectivity index (χ0) is 20.2. The van der Waals surface area contributed by atoms with Crippen molar-refractivity contribution in [2.75, 3.05) is 38.5 Å². The van der Waals surface area contributed by atoms with Crippen molar-refractivity contribution in [2.24, 2.45) is 0 Å². The number of nitrogens with zero attached hydrogens (tertiary/aromatic N) is 3. The van der Waals surface area contributed by atoms with Gasteiger partial charge in [-0.2, -0.15) is 0 Å². The molecule has 2 heterocycles. The molecule has 29 heavy (non-hydrogen) atoms. The molecule has 0 aliphatic carbocycles. The van der Waals surface area contributed by atoms with Crippen LogP contribution in [-0.4, -0.2) is 54.1 Å². The van der Waals surface area contributed by atoms with Crippen molar-refractivity contribution in [2.45, 2.75) is 6.54 Å². The lowest BCUT2D eigenvalue weighted by Gasteiger charge is -2.32. The monoisotopic (exact) mass is 410 g/mol. The predicted octanol–water partition coefficient (Wildman–Crippen LogP) is 3.99. The van der Waals surface area contributed by atoms with E-state index in [9.17, 15) is 4.79 Å². The normalized spacial score (nSPS) is 15.4. The molecular formula is C22H23ClN4O2. The smallest absolute Gasteiger partial charge is 0.277 e. The van der Waals surface area contributed by atoms with Crippen LogP contribution < -0.4 is 5.32 Å². The number of aromatic nitrogens is 1. The molecule has 2 aromatic carbocycles. The Labute approximate surface area is 175 Å². The second-order valence-corrected chi connectivity index (χ2v) is 7.75. The molecule has 1 N–H and O–H groups in total. The second kappa shape index (κ2) is 8.78. The van der Waals surface area contributed by atoms with E-state index in [0.29, 0.717) is 10.8 Å². The Bertz CT molecular complexity index is 978. The maximum absolute atomic E-state index is 12.5. The first-order chi connectivity index (χ1) is 14.1. The standard InChI is InChI=1S/C22H23ClN4O2/c1-26-9-11-27(12-10-26)15-16-5-7-19(8-6-16)24-22(28)20-14-21(29-25-20)17-3-2-4-18(23)13-17/h2-8,13-14H,9-12,15H2,1H3,(H,24,28). The van der Waals surface area contributed by atoms with Gasteiger partial charge in [0.2, 0.25) is 0 Å². The summed E-state index contributed by atoms with van der Waals surface area (Å²) in [5.41, 5.74) is 2.96. The van der Waals surface area contributed by atoms with Crippen molar-refractivity contribution in [3.05, 3.63) is 70.9 Å².